The van der Waals surface area contributed by atoms with Gasteiger partial charge in [-0.3, -0.25) is 9.69 Å². The lowest BCUT2D eigenvalue weighted by Gasteiger charge is -2.35. The Labute approximate surface area is 139 Å². The number of amides is 1. The van der Waals surface area contributed by atoms with Gasteiger partial charge in [0.25, 0.3) is 5.91 Å². The Bertz CT molecular complexity index is 668. The van der Waals surface area contributed by atoms with Crippen LogP contribution < -0.4 is 5.32 Å². The zero-order valence-corrected chi connectivity index (χ0v) is 14.1. The molecule has 0 aliphatic carbocycles. The minimum atomic E-state index is -0.584. The average Bonchev–Trinajstić information content (AvgIpc) is 3.11. The molecule has 0 saturated carbocycles. The van der Waals surface area contributed by atoms with Crippen LogP contribution in [-0.4, -0.2) is 46.1 Å². The first-order chi connectivity index (χ1) is 11.0. The molecule has 0 aromatic carbocycles. The summed E-state index contributed by atoms with van der Waals surface area (Å²) in [5.41, 5.74) is 3.38. The molecule has 3 rings (SSSR count). The highest BCUT2D eigenvalue weighted by Crippen LogP contribution is 2.17. The van der Waals surface area contributed by atoms with Crippen molar-refractivity contribution in [2.45, 2.75) is 39.0 Å². The summed E-state index contributed by atoms with van der Waals surface area (Å²) in [7, 11) is 0. The van der Waals surface area contributed by atoms with Crippen molar-refractivity contribution in [3.8, 4) is 0 Å². The Hall–Kier alpha value is -1.70. The van der Waals surface area contributed by atoms with Crippen LogP contribution in [0.25, 0.3) is 0 Å². The van der Waals surface area contributed by atoms with Gasteiger partial charge in [-0.05, 0) is 26.3 Å². The van der Waals surface area contributed by atoms with Crippen LogP contribution in [0.5, 0.6) is 0 Å². The molecule has 7 heteroatoms. The smallest absolute Gasteiger partial charge is 0.255 e. The first-order valence-corrected chi connectivity index (χ1v) is 8.62. The van der Waals surface area contributed by atoms with Gasteiger partial charge >= 0.3 is 0 Å². The van der Waals surface area contributed by atoms with Gasteiger partial charge in [-0.2, -0.15) is 0 Å². The van der Waals surface area contributed by atoms with Gasteiger partial charge in [-0.25, -0.2) is 4.98 Å². The maximum atomic E-state index is 12.3. The van der Waals surface area contributed by atoms with Crippen molar-refractivity contribution in [3.63, 3.8) is 0 Å². The number of furan rings is 1. The first kappa shape index (κ1) is 16.2. The molecule has 0 bridgehead atoms. The monoisotopic (exact) mass is 335 g/mol. The van der Waals surface area contributed by atoms with E-state index in [4.69, 9.17) is 4.42 Å². The zero-order valence-electron chi connectivity index (χ0n) is 13.3. The number of thiazole rings is 1. The Morgan fingerprint density at radius 3 is 3.00 bits per heavy atom. The number of β-amino-alcohol motifs (C(OH)–C–C–N with tert-alkyl or cyclic N) is 1. The van der Waals surface area contributed by atoms with E-state index >= 15 is 0 Å². The molecule has 23 heavy (non-hydrogen) atoms. The van der Waals surface area contributed by atoms with Gasteiger partial charge in [-0.1, -0.05) is 0 Å². The third kappa shape index (κ3) is 3.80. The number of nitrogens with one attached hydrogen (secondary N) is 1. The average molecular weight is 335 g/mol. The maximum Gasteiger partial charge on any atom is 0.255 e. The third-order valence-electron chi connectivity index (χ3n) is 4.14. The number of aliphatic hydroxyl groups excluding tert-OH is 1. The Kier molecular flexibility index (Phi) is 4.79. The van der Waals surface area contributed by atoms with E-state index in [0.717, 1.165) is 18.8 Å². The number of nitrogens with zero attached hydrogens (tertiary/aromatic N) is 2. The van der Waals surface area contributed by atoms with E-state index in [1.54, 1.807) is 24.3 Å². The fourth-order valence-electron chi connectivity index (χ4n) is 2.96. The molecule has 1 aliphatic rings. The fourth-order valence-corrected chi connectivity index (χ4v) is 3.51. The van der Waals surface area contributed by atoms with E-state index in [9.17, 15) is 9.90 Å². The highest BCUT2D eigenvalue weighted by atomic mass is 32.1. The molecule has 2 atom stereocenters. The molecular weight excluding hydrogens is 314 g/mol. The standard InChI is InChI=1S/C16H21N3O3S/c1-10-5-13(11(2)22-10)16(21)18-14-3-4-19(7-15(14)20)6-12-8-23-9-17-12/h5,8-9,14-15,20H,3-4,6-7H2,1-2H3,(H,18,21)/t14-,15-/m1/s1. The number of piperidine rings is 1. The van der Waals surface area contributed by atoms with Crippen molar-refractivity contribution in [3.05, 3.63) is 39.7 Å². The topological polar surface area (TPSA) is 78.6 Å². The van der Waals surface area contributed by atoms with E-state index in [-0.39, 0.29) is 11.9 Å². The van der Waals surface area contributed by atoms with Gasteiger partial charge in [0.1, 0.15) is 11.5 Å². The molecular formula is C16H21N3O3S. The van der Waals surface area contributed by atoms with Crippen molar-refractivity contribution in [2.24, 2.45) is 0 Å². The van der Waals surface area contributed by atoms with Crippen molar-refractivity contribution in [1.82, 2.24) is 15.2 Å². The van der Waals surface area contributed by atoms with Gasteiger partial charge in [0.2, 0.25) is 0 Å². The lowest BCUT2D eigenvalue weighted by molar-refractivity contribution is 0.0345. The van der Waals surface area contributed by atoms with E-state index in [2.05, 4.69) is 15.2 Å². The normalized spacial score (nSPS) is 22.2. The lowest BCUT2D eigenvalue weighted by Crippen LogP contribution is -2.53. The van der Waals surface area contributed by atoms with E-state index < -0.39 is 6.10 Å². The van der Waals surface area contributed by atoms with Crippen LogP contribution in [0.3, 0.4) is 0 Å². The van der Waals surface area contributed by atoms with Crippen LogP contribution in [0.4, 0.5) is 0 Å². The van der Waals surface area contributed by atoms with Gasteiger partial charge in [0.15, 0.2) is 0 Å². The van der Waals surface area contributed by atoms with E-state index in [1.165, 1.54) is 0 Å². The SMILES string of the molecule is Cc1cc(C(=O)N[C@@H]2CCN(Cc3cscn3)C[C@H]2O)c(C)o1. The molecule has 1 amide bonds. The summed E-state index contributed by atoms with van der Waals surface area (Å²) < 4.78 is 5.39. The van der Waals surface area contributed by atoms with Gasteiger partial charge in [0.05, 0.1) is 28.9 Å². The molecule has 2 aromatic rings. The minimum absolute atomic E-state index is 0.184. The van der Waals surface area contributed by atoms with Crippen molar-refractivity contribution >= 4 is 17.2 Å². The van der Waals surface area contributed by atoms with Gasteiger partial charge < -0.3 is 14.8 Å². The Morgan fingerprint density at radius 2 is 2.39 bits per heavy atom. The molecule has 0 radical (unpaired) electrons. The molecule has 0 unspecified atom stereocenters. The number of aliphatic hydroxyl groups is 1. The lowest BCUT2D eigenvalue weighted by atomic mass is 10.0. The highest BCUT2D eigenvalue weighted by molar-refractivity contribution is 7.07. The number of hydrogen-bond donors (Lipinski definition) is 2. The van der Waals surface area contributed by atoms with Gasteiger partial charge in [0, 0.05) is 25.0 Å². The minimum Gasteiger partial charge on any atom is -0.466 e. The summed E-state index contributed by atoms with van der Waals surface area (Å²) in [5.74, 6) is 1.14. The van der Waals surface area contributed by atoms with Crippen molar-refractivity contribution < 1.29 is 14.3 Å². The first-order valence-electron chi connectivity index (χ1n) is 7.68. The summed E-state index contributed by atoms with van der Waals surface area (Å²) in [4.78, 5) is 18.8. The summed E-state index contributed by atoms with van der Waals surface area (Å²) in [6.45, 7) is 5.68. The van der Waals surface area contributed by atoms with Crippen LogP contribution in [0.2, 0.25) is 0 Å². The second-order valence-corrected chi connectivity index (χ2v) is 6.70. The molecule has 3 heterocycles. The molecule has 1 saturated heterocycles. The van der Waals surface area contributed by atoms with Crippen LogP contribution in [0, 0.1) is 13.8 Å². The highest BCUT2D eigenvalue weighted by Gasteiger charge is 2.30. The molecule has 1 aliphatic heterocycles. The van der Waals surface area contributed by atoms with Crippen LogP contribution in [0.1, 0.15) is 34.0 Å². The zero-order chi connectivity index (χ0) is 16.4. The number of carbonyl (C=O) groups excluding carboxylic acids is 1. The molecule has 2 N–H and O–H groups in total. The Balaban J connectivity index is 1.56. The molecule has 6 nitrogen and oxygen atoms in total. The molecule has 124 valence electrons. The summed E-state index contributed by atoms with van der Waals surface area (Å²) in [6, 6.07) is 1.50. The molecule has 0 spiro atoms. The largest absolute Gasteiger partial charge is 0.466 e. The third-order valence-corrected chi connectivity index (χ3v) is 4.77. The van der Waals surface area contributed by atoms with E-state index in [1.807, 2.05) is 17.8 Å². The van der Waals surface area contributed by atoms with Crippen LogP contribution in [0.15, 0.2) is 21.4 Å². The van der Waals surface area contributed by atoms with Crippen LogP contribution in [-0.2, 0) is 6.54 Å². The van der Waals surface area contributed by atoms with Crippen molar-refractivity contribution in [2.75, 3.05) is 13.1 Å². The summed E-state index contributed by atoms with van der Waals surface area (Å²) in [6.07, 6.45) is 0.132. The Morgan fingerprint density at radius 1 is 1.57 bits per heavy atom. The maximum absolute atomic E-state index is 12.3. The number of aryl methyl sites for hydroxylation is 2. The second kappa shape index (κ2) is 6.82. The summed E-state index contributed by atoms with van der Waals surface area (Å²) in [5, 5.41) is 15.3. The quantitative estimate of drug-likeness (QED) is 0.889. The number of aromatic nitrogens is 1. The summed E-state index contributed by atoms with van der Waals surface area (Å²) >= 11 is 1.57. The predicted molar refractivity (Wildman–Crippen MR) is 87.5 cm³/mol. The number of carbonyl (C=O) groups is 1. The number of rotatable bonds is 4. The van der Waals surface area contributed by atoms with Crippen molar-refractivity contribution in [1.29, 1.82) is 0 Å². The van der Waals surface area contributed by atoms with Gasteiger partial charge in [-0.15, -0.1) is 11.3 Å². The number of hydrogen-bond acceptors (Lipinski definition) is 6. The number of likely N-dealkylation sites (tertiary alicyclic amines) is 1. The fraction of sp³-hybridized carbons (Fsp3) is 0.500. The second-order valence-electron chi connectivity index (χ2n) is 5.98. The predicted octanol–water partition coefficient (Wildman–Crippen LogP) is 1.72. The van der Waals surface area contributed by atoms with E-state index in [0.29, 0.717) is 30.0 Å². The van der Waals surface area contributed by atoms with Crippen LogP contribution >= 0.6 is 11.3 Å². The molecule has 1 fully saturated rings. The molecule has 2 aromatic heterocycles.